The van der Waals surface area contributed by atoms with Crippen LogP contribution in [-0.4, -0.2) is 25.4 Å². The monoisotopic (exact) mass is 448 g/mol. The Bertz CT molecular complexity index is 1160. The third-order valence-electron chi connectivity index (χ3n) is 4.23. The lowest BCUT2D eigenvalue weighted by atomic mass is 10.2. The summed E-state index contributed by atoms with van der Waals surface area (Å²) in [6.45, 7) is 1.91. The molecule has 4 rings (SSSR count). The number of rotatable bonds is 5. The molecule has 0 aliphatic carbocycles. The Balaban J connectivity index is 1.45. The molecule has 4 aromatic rings. The van der Waals surface area contributed by atoms with Crippen LogP contribution in [0.1, 0.15) is 16.2 Å². The highest BCUT2D eigenvalue weighted by Gasteiger charge is 2.07. The second-order valence-electron chi connectivity index (χ2n) is 6.27. The van der Waals surface area contributed by atoms with Crippen LogP contribution < -0.4 is 10.6 Å². The molecule has 1 amide bonds. The van der Waals surface area contributed by atoms with Gasteiger partial charge < -0.3 is 10.6 Å². The summed E-state index contributed by atoms with van der Waals surface area (Å²) in [7, 11) is 0. The summed E-state index contributed by atoms with van der Waals surface area (Å²) >= 11 is 3.37. The van der Waals surface area contributed by atoms with Gasteiger partial charge >= 0.3 is 0 Å². The fraction of sp³-hybridized carbons (Fsp3) is 0.0476. The maximum absolute atomic E-state index is 12.3. The fourth-order valence-corrected chi connectivity index (χ4v) is 3.18. The van der Waals surface area contributed by atoms with Gasteiger partial charge in [0.05, 0.1) is 0 Å². The summed E-state index contributed by atoms with van der Waals surface area (Å²) in [4.78, 5) is 25.1. The number of hydrogen-bond donors (Lipinski definition) is 2. The molecule has 0 aliphatic rings. The van der Waals surface area contributed by atoms with Gasteiger partial charge in [0.2, 0.25) is 0 Å². The molecule has 7 nitrogen and oxygen atoms in total. The lowest BCUT2D eigenvalue weighted by molar-refractivity contribution is 0.102. The molecule has 2 N–H and O–H groups in total. The second-order valence-corrected chi connectivity index (χ2v) is 7.19. The number of halogens is 1. The smallest absolute Gasteiger partial charge is 0.255 e. The van der Waals surface area contributed by atoms with Gasteiger partial charge in [-0.25, -0.2) is 15.0 Å². The molecule has 0 atom stereocenters. The molecule has 144 valence electrons. The molecule has 0 aliphatic heterocycles. The van der Waals surface area contributed by atoms with Gasteiger partial charge in [-0.15, -0.1) is 0 Å². The summed E-state index contributed by atoms with van der Waals surface area (Å²) < 4.78 is 2.74. The largest absolute Gasteiger partial charge is 0.340 e. The van der Waals surface area contributed by atoms with E-state index >= 15 is 0 Å². The number of amides is 1. The van der Waals surface area contributed by atoms with E-state index in [0.29, 0.717) is 17.1 Å². The highest BCUT2D eigenvalue weighted by atomic mass is 79.9. The molecule has 29 heavy (non-hydrogen) atoms. The van der Waals surface area contributed by atoms with Gasteiger partial charge in [0.15, 0.2) is 0 Å². The Kier molecular flexibility index (Phi) is 5.35. The molecular formula is C21H17BrN6O. The minimum Gasteiger partial charge on any atom is -0.340 e. The maximum atomic E-state index is 12.3. The molecule has 2 heterocycles. The third kappa shape index (κ3) is 4.49. The Morgan fingerprint density at radius 3 is 2.52 bits per heavy atom. The number of aromatic nitrogens is 4. The van der Waals surface area contributed by atoms with Crippen molar-refractivity contribution in [2.75, 3.05) is 10.6 Å². The molecule has 2 aromatic carbocycles. The zero-order valence-electron chi connectivity index (χ0n) is 15.5. The first kappa shape index (κ1) is 18.8. The zero-order valence-corrected chi connectivity index (χ0v) is 17.1. The second kappa shape index (κ2) is 8.24. The highest BCUT2D eigenvalue weighted by Crippen LogP contribution is 2.20. The van der Waals surface area contributed by atoms with E-state index in [-0.39, 0.29) is 5.91 Å². The van der Waals surface area contributed by atoms with Crippen molar-refractivity contribution >= 4 is 39.0 Å². The number of nitrogens with one attached hydrogen (secondary N) is 2. The van der Waals surface area contributed by atoms with Crippen LogP contribution in [0.15, 0.2) is 77.8 Å². The van der Waals surface area contributed by atoms with Crippen LogP contribution in [-0.2, 0) is 0 Å². The zero-order chi connectivity index (χ0) is 20.2. The number of benzene rings is 2. The molecule has 0 saturated carbocycles. The van der Waals surface area contributed by atoms with Crippen molar-refractivity contribution in [2.45, 2.75) is 6.92 Å². The Hall–Kier alpha value is -3.52. The molecular weight excluding hydrogens is 432 g/mol. The number of carbonyl (C=O) groups is 1. The predicted molar refractivity (Wildman–Crippen MR) is 116 cm³/mol. The van der Waals surface area contributed by atoms with Crippen molar-refractivity contribution in [3.05, 3.63) is 89.2 Å². The standard InChI is InChI=1S/C21H17BrN6O/c1-14-23-9-10-28(14)20-12-19(24-13-25-20)26-17-5-7-18(8-6-17)27-21(29)15-3-2-4-16(22)11-15/h2-13H,1H3,(H,27,29)(H,24,25,26). The minimum atomic E-state index is -0.164. The number of aryl methyl sites for hydroxylation is 1. The van der Waals surface area contributed by atoms with E-state index in [4.69, 9.17) is 0 Å². The van der Waals surface area contributed by atoms with E-state index in [1.165, 1.54) is 6.33 Å². The van der Waals surface area contributed by atoms with Crippen molar-refractivity contribution in [1.82, 2.24) is 19.5 Å². The van der Waals surface area contributed by atoms with Crippen LogP contribution in [0.5, 0.6) is 0 Å². The predicted octanol–water partition coefficient (Wildman–Crippen LogP) is 4.73. The van der Waals surface area contributed by atoms with Gasteiger partial charge in [0.25, 0.3) is 5.91 Å². The summed E-state index contributed by atoms with van der Waals surface area (Å²) in [6, 6.07) is 16.5. The topological polar surface area (TPSA) is 84.7 Å². The van der Waals surface area contributed by atoms with Crippen molar-refractivity contribution in [2.24, 2.45) is 0 Å². The molecule has 0 unspecified atom stereocenters. The van der Waals surface area contributed by atoms with Gasteiger partial charge in [-0.1, -0.05) is 22.0 Å². The maximum Gasteiger partial charge on any atom is 0.255 e. The molecule has 0 spiro atoms. The van der Waals surface area contributed by atoms with E-state index in [0.717, 1.165) is 21.8 Å². The van der Waals surface area contributed by atoms with Crippen LogP contribution in [0.3, 0.4) is 0 Å². The van der Waals surface area contributed by atoms with E-state index in [1.54, 1.807) is 18.3 Å². The van der Waals surface area contributed by atoms with E-state index < -0.39 is 0 Å². The average Bonchev–Trinajstić information content (AvgIpc) is 3.16. The average molecular weight is 449 g/mol. The van der Waals surface area contributed by atoms with Crippen LogP contribution in [0, 0.1) is 6.92 Å². The third-order valence-corrected chi connectivity index (χ3v) is 4.72. The van der Waals surface area contributed by atoms with Crippen molar-refractivity contribution in [3.63, 3.8) is 0 Å². The van der Waals surface area contributed by atoms with E-state index in [9.17, 15) is 4.79 Å². The number of nitrogens with zero attached hydrogens (tertiary/aromatic N) is 4. The van der Waals surface area contributed by atoms with Crippen molar-refractivity contribution < 1.29 is 4.79 Å². The molecule has 2 aromatic heterocycles. The van der Waals surface area contributed by atoms with Crippen molar-refractivity contribution in [1.29, 1.82) is 0 Å². The number of anilines is 3. The molecule has 0 fully saturated rings. The molecule has 8 heteroatoms. The summed E-state index contributed by atoms with van der Waals surface area (Å²) in [5, 5.41) is 6.13. The Labute approximate surface area is 176 Å². The lowest BCUT2D eigenvalue weighted by Gasteiger charge is -2.10. The quantitative estimate of drug-likeness (QED) is 0.460. The van der Waals surface area contributed by atoms with E-state index in [1.807, 2.05) is 60.2 Å². The van der Waals surface area contributed by atoms with Gasteiger partial charge in [-0.2, -0.15) is 0 Å². The first-order valence-corrected chi connectivity index (χ1v) is 9.64. The number of carbonyl (C=O) groups excluding carboxylic acids is 1. The SMILES string of the molecule is Cc1nccn1-c1cc(Nc2ccc(NC(=O)c3cccc(Br)c3)cc2)ncn1. The summed E-state index contributed by atoms with van der Waals surface area (Å²) in [6.07, 6.45) is 5.08. The molecule has 0 radical (unpaired) electrons. The lowest BCUT2D eigenvalue weighted by Crippen LogP contribution is -2.11. The normalized spacial score (nSPS) is 10.6. The van der Waals surface area contributed by atoms with Gasteiger partial charge in [0.1, 0.15) is 23.8 Å². The van der Waals surface area contributed by atoms with Crippen LogP contribution in [0.25, 0.3) is 5.82 Å². The Morgan fingerprint density at radius 2 is 1.79 bits per heavy atom. The first-order chi connectivity index (χ1) is 14.1. The van der Waals surface area contributed by atoms with Gasteiger partial charge in [-0.05, 0) is 49.4 Å². The highest BCUT2D eigenvalue weighted by molar-refractivity contribution is 9.10. The van der Waals surface area contributed by atoms with Crippen LogP contribution in [0.2, 0.25) is 0 Å². The molecule has 0 saturated heterocycles. The van der Waals surface area contributed by atoms with Gasteiger partial charge in [0, 0.05) is 39.9 Å². The number of imidazole rings is 1. The van der Waals surface area contributed by atoms with Crippen molar-refractivity contribution in [3.8, 4) is 5.82 Å². The summed E-state index contributed by atoms with van der Waals surface area (Å²) in [5.74, 6) is 2.08. The van der Waals surface area contributed by atoms with Gasteiger partial charge in [-0.3, -0.25) is 9.36 Å². The van der Waals surface area contributed by atoms with Crippen LogP contribution in [0.4, 0.5) is 17.2 Å². The Morgan fingerprint density at radius 1 is 1.00 bits per heavy atom. The number of hydrogen-bond acceptors (Lipinski definition) is 5. The fourth-order valence-electron chi connectivity index (χ4n) is 2.78. The first-order valence-electron chi connectivity index (χ1n) is 8.85. The summed E-state index contributed by atoms with van der Waals surface area (Å²) in [5.41, 5.74) is 2.14. The van der Waals surface area contributed by atoms with Crippen LogP contribution >= 0.6 is 15.9 Å². The minimum absolute atomic E-state index is 0.164. The molecule has 0 bridgehead atoms. The van der Waals surface area contributed by atoms with E-state index in [2.05, 4.69) is 41.5 Å².